The van der Waals surface area contributed by atoms with E-state index in [9.17, 15) is 0 Å². The van der Waals surface area contributed by atoms with Crippen molar-refractivity contribution in [3.05, 3.63) is 23.7 Å². The van der Waals surface area contributed by atoms with Crippen LogP contribution in [0, 0.1) is 6.92 Å². The zero-order chi connectivity index (χ0) is 11.4. The molecule has 0 saturated heterocycles. The minimum absolute atomic E-state index is 0.724. The molecule has 0 aliphatic carbocycles. The number of nitrogens with one attached hydrogen (secondary N) is 2. The Hall–Kier alpha value is -1.46. The van der Waals surface area contributed by atoms with Crippen LogP contribution in [-0.2, 0) is 6.54 Å². The third-order valence-corrected chi connectivity index (χ3v) is 2.47. The maximum absolute atomic E-state index is 5.44. The predicted molar refractivity (Wildman–Crippen MR) is 64.0 cm³/mol. The van der Waals surface area contributed by atoms with E-state index in [1.54, 1.807) is 6.20 Å². The fourth-order valence-electron chi connectivity index (χ4n) is 1.68. The Kier molecular flexibility index (Phi) is 3.48. The lowest BCUT2D eigenvalue weighted by Gasteiger charge is -2.04. The third-order valence-electron chi connectivity index (χ3n) is 2.47. The number of fused-ring (bicyclic) bond motifs is 1. The van der Waals surface area contributed by atoms with Gasteiger partial charge in [0.1, 0.15) is 5.82 Å². The number of pyridine rings is 1. The SMILES string of the molecule is Cc1nc2nccc(CNCCCN)c2[nH]1. The minimum atomic E-state index is 0.724. The van der Waals surface area contributed by atoms with E-state index in [-0.39, 0.29) is 0 Å². The molecule has 0 aromatic carbocycles. The summed E-state index contributed by atoms with van der Waals surface area (Å²) in [5.41, 5.74) is 8.45. The molecular weight excluding hydrogens is 202 g/mol. The molecule has 5 heteroatoms. The van der Waals surface area contributed by atoms with Gasteiger partial charge in [0.05, 0.1) is 5.52 Å². The maximum Gasteiger partial charge on any atom is 0.177 e. The van der Waals surface area contributed by atoms with Crippen LogP contribution in [0.5, 0.6) is 0 Å². The van der Waals surface area contributed by atoms with Gasteiger partial charge in [0.15, 0.2) is 5.65 Å². The first-order valence-corrected chi connectivity index (χ1v) is 5.52. The maximum atomic E-state index is 5.44. The molecule has 0 amide bonds. The molecule has 0 aliphatic rings. The number of nitrogens with two attached hydrogens (primary N) is 1. The fourth-order valence-corrected chi connectivity index (χ4v) is 1.68. The average Bonchev–Trinajstić information content (AvgIpc) is 2.65. The zero-order valence-electron chi connectivity index (χ0n) is 9.45. The van der Waals surface area contributed by atoms with Crippen molar-refractivity contribution < 1.29 is 0 Å². The summed E-state index contributed by atoms with van der Waals surface area (Å²) in [6, 6.07) is 2.01. The van der Waals surface area contributed by atoms with E-state index < -0.39 is 0 Å². The van der Waals surface area contributed by atoms with Crippen LogP contribution in [0.3, 0.4) is 0 Å². The molecule has 0 bridgehead atoms. The van der Waals surface area contributed by atoms with Gasteiger partial charge in [-0.15, -0.1) is 0 Å². The van der Waals surface area contributed by atoms with Gasteiger partial charge in [-0.1, -0.05) is 0 Å². The molecule has 0 aliphatic heterocycles. The van der Waals surface area contributed by atoms with Gasteiger partial charge in [0, 0.05) is 12.7 Å². The molecule has 2 rings (SSSR count). The standard InChI is InChI=1S/C11H17N5/c1-8-15-10-9(7-13-5-2-4-12)3-6-14-11(10)16-8/h3,6,13H,2,4-5,7,12H2,1H3,(H,14,15,16). The highest BCUT2D eigenvalue weighted by molar-refractivity contribution is 5.74. The number of rotatable bonds is 5. The number of H-pyrrole nitrogens is 1. The molecule has 0 saturated carbocycles. The van der Waals surface area contributed by atoms with Gasteiger partial charge in [0.2, 0.25) is 0 Å². The van der Waals surface area contributed by atoms with Crippen molar-refractivity contribution in [1.29, 1.82) is 0 Å². The van der Waals surface area contributed by atoms with Gasteiger partial charge >= 0.3 is 0 Å². The van der Waals surface area contributed by atoms with E-state index in [4.69, 9.17) is 5.73 Å². The van der Waals surface area contributed by atoms with E-state index in [2.05, 4.69) is 20.3 Å². The lowest BCUT2D eigenvalue weighted by Crippen LogP contribution is -2.17. The predicted octanol–water partition coefficient (Wildman–Crippen LogP) is 0.705. The van der Waals surface area contributed by atoms with Crippen LogP contribution in [0.15, 0.2) is 12.3 Å². The summed E-state index contributed by atoms with van der Waals surface area (Å²) in [4.78, 5) is 11.8. The summed E-state index contributed by atoms with van der Waals surface area (Å²) in [5, 5.41) is 3.35. The summed E-state index contributed by atoms with van der Waals surface area (Å²) in [6.07, 6.45) is 2.79. The van der Waals surface area contributed by atoms with Gasteiger partial charge in [-0.05, 0) is 38.1 Å². The Morgan fingerprint density at radius 2 is 2.38 bits per heavy atom. The van der Waals surface area contributed by atoms with Crippen molar-refractivity contribution in [2.45, 2.75) is 19.9 Å². The molecule has 86 valence electrons. The highest BCUT2D eigenvalue weighted by Gasteiger charge is 2.05. The van der Waals surface area contributed by atoms with E-state index in [1.165, 1.54) is 5.56 Å². The van der Waals surface area contributed by atoms with Crippen LogP contribution in [-0.4, -0.2) is 28.0 Å². The molecule has 4 N–H and O–H groups in total. The van der Waals surface area contributed by atoms with Crippen molar-refractivity contribution in [2.75, 3.05) is 13.1 Å². The first-order valence-electron chi connectivity index (χ1n) is 5.52. The Labute approximate surface area is 94.5 Å². The molecule has 0 fully saturated rings. The number of hydrogen-bond acceptors (Lipinski definition) is 4. The van der Waals surface area contributed by atoms with Gasteiger partial charge in [0.25, 0.3) is 0 Å². The lowest BCUT2D eigenvalue weighted by atomic mass is 10.2. The average molecular weight is 219 g/mol. The third kappa shape index (κ3) is 2.37. The molecule has 5 nitrogen and oxygen atoms in total. The van der Waals surface area contributed by atoms with Crippen molar-refractivity contribution >= 4 is 11.2 Å². The minimum Gasteiger partial charge on any atom is -0.341 e. The molecule has 0 spiro atoms. The number of hydrogen-bond donors (Lipinski definition) is 3. The molecule has 2 heterocycles. The van der Waals surface area contributed by atoms with Crippen molar-refractivity contribution in [3.8, 4) is 0 Å². The second-order valence-electron chi connectivity index (χ2n) is 3.81. The van der Waals surface area contributed by atoms with Crippen molar-refractivity contribution in [1.82, 2.24) is 20.3 Å². The molecule has 2 aromatic rings. The number of imidazole rings is 1. The summed E-state index contributed by atoms with van der Waals surface area (Å²) >= 11 is 0. The van der Waals surface area contributed by atoms with E-state index in [1.807, 2.05) is 13.0 Å². The first kappa shape index (κ1) is 11.0. The molecule has 2 aromatic heterocycles. The largest absolute Gasteiger partial charge is 0.341 e. The summed E-state index contributed by atoms with van der Waals surface area (Å²) < 4.78 is 0. The number of aromatic amines is 1. The first-order chi connectivity index (χ1) is 7.81. The lowest BCUT2D eigenvalue weighted by molar-refractivity contribution is 0.657. The van der Waals surface area contributed by atoms with Crippen LogP contribution < -0.4 is 11.1 Å². The van der Waals surface area contributed by atoms with Gasteiger partial charge < -0.3 is 16.0 Å². The van der Waals surface area contributed by atoms with Crippen molar-refractivity contribution in [3.63, 3.8) is 0 Å². The fraction of sp³-hybridized carbons (Fsp3) is 0.455. The molecule has 0 atom stereocenters. The Morgan fingerprint density at radius 1 is 1.50 bits per heavy atom. The normalized spacial score (nSPS) is 11.1. The second-order valence-corrected chi connectivity index (χ2v) is 3.81. The van der Waals surface area contributed by atoms with Crippen LogP contribution in [0.4, 0.5) is 0 Å². The Balaban J connectivity index is 2.11. The molecular formula is C11H17N5. The van der Waals surface area contributed by atoms with Crippen LogP contribution >= 0.6 is 0 Å². The monoisotopic (exact) mass is 219 g/mol. The van der Waals surface area contributed by atoms with Gasteiger partial charge in [-0.2, -0.15) is 0 Å². The summed E-state index contributed by atoms with van der Waals surface area (Å²) in [6.45, 7) is 4.42. The second kappa shape index (κ2) is 5.05. The van der Waals surface area contributed by atoms with Crippen molar-refractivity contribution in [2.24, 2.45) is 5.73 Å². The smallest absolute Gasteiger partial charge is 0.177 e. The number of aromatic nitrogens is 3. The number of aryl methyl sites for hydroxylation is 1. The van der Waals surface area contributed by atoms with Gasteiger partial charge in [-0.25, -0.2) is 9.97 Å². The van der Waals surface area contributed by atoms with E-state index >= 15 is 0 Å². The van der Waals surface area contributed by atoms with Crippen LogP contribution in [0.1, 0.15) is 17.8 Å². The topological polar surface area (TPSA) is 79.6 Å². The summed E-state index contributed by atoms with van der Waals surface area (Å²) in [7, 11) is 0. The highest BCUT2D eigenvalue weighted by Crippen LogP contribution is 2.13. The highest BCUT2D eigenvalue weighted by atomic mass is 15.0. The Bertz CT molecular complexity index is 462. The summed E-state index contributed by atoms with van der Waals surface area (Å²) in [5.74, 6) is 0.900. The van der Waals surface area contributed by atoms with Gasteiger partial charge in [-0.3, -0.25) is 0 Å². The van der Waals surface area contributed by atoms with E-state index in [0.29, 0.717) is 0 Å². The molecule has 16 heavy (non-hydrogen) atoms. The zero-order valence-corrected chi connectivity index (χ0v) is 9.45. The van der Waals surface area contributed by atoms with Crippen LogP contribution in [0.25, 0.3) is 11.2 Å². The number of nitrogens with zero attached hydrogens (tertiary/aromatic N) is 2. The quantitative estimate of drug-likeness (QED) is 0.647. The Morgan fingerprint density at radius 3 is 3.19 bits per heavy atom. The van der Waals surface area contributed by atoms with E-state index in [0.717, 1.165) is 43.0 Å². The molecule has 0 radical (unpaired) electrons. The molecule has 0 unspecified atom stereocenters. The van der Waals surface area contributed by atoms with Crippen LogP contribution in [0.2, 0.25) is 0 Å².